The van der Waals surface area contributed by atoms with E-state index in [1.807, 2.05) is 4.90 Å². The predicted molar refractivity (Wildman–Crippen MR) is 105 cm³/mol. The van der Waals surface area contributed by atoms with E-state index in [4.69, 9.17) is 15.2 Å². The Hall–Kier alpha value is -1.99. The first kappa shape index (κ1) is 21.3. The number of nitrogens with one attached hydrogen (secondary N) is 1. The van der Waals surface area contributed by atoms with Crippen molar-refractivity contribution >= 4 is 24.2 Å². The topological polar surface area (TPSA) is 93.9 Å². The van der Waals surface area contributed by atoms with Gasteiger partial charge in [-0.25, -0.2) is 0 Å². The van der Waals surface area contributed by atoms with Crippen LogP contribution in [0.3, 0.4) is 0 Å². The zero-order chi connectivity index (χ0) is 18.4. The smallest absolute Gasteiger partial charge is 0.254 e. The molecule has 27 heavy (non-hydrogen) atoms. The molecule has 2 heterocycles. The highest BCUT2D eigenvalue weighted by molar-refractivity contribution is 5.95. The number of carbonyl (C=O) groups is 2. The summed E-state index contributed by atoms with van der Waals surface area (Å²) in [7, 11) is 0. The molecule has 0 saturated carbocycles. The van der Waals surface area contributed by atoms with Crippen molar-refractivity contribution in [3.05, 3.63) is 23.8 Å². The number of nitrogens with two attached hydrogens (primary N) is 1. The van der Waals surface area contributed by atoms with Gasteiger partial charge in [0.05, 0.1) is 13.2 Å². The first-order valence-corrected chi connectivity index (χ1v) is 9.36. The fraction of sp³-hybridized carbons (Fsp3) is 0.579. The highest BCUT2D eigenvalue weighted by Gasteiger charge is 2.28. The number of halogens is 1. The molecule has 2 aliphatic rings. The molecule has 1 fully saturated rings. The molecule has 2 aliphatic heterocycles. The van der Waals surface area contributed by atoms with Gasteiger partial charge >= 0.3 is 0 Å². The molecule has 0 radical (unpaired) electrons. The summed E-state index contributed by atoms with van der Waals surface area (Å²) in [5, 5.41) is 2.89. The van der Waals surface area contributed by atoms with Crippen molar-refractivity contribution in [2.45, 2.75) is 38.1 Å². The lowest BCUT2D eigenvalue weighted by Gasteiger charge is -2.36. The van der Waals surface area contributed by atoms with Gasteiger partial charge in [0, 0.05) is 44.1 Å². The maximum Gasteiger partial charge on any atom is 0.254 e. The summed E-state index contributed by atoms with van der Waals surface area (Å²) in [6.07, 6.45) is 4.06. The lowest BCUT2D eigenvalue weighted by molar-refractivity contribution is -0.121. The van der Waals surface area contributed by atoms with Gasteiger partial charge in [-0.2, -0.15) is 0 Å². The molecule has 1 aromatic carbocycles. The molecule has 1 unspecified atom stereocenters. The van der Waals surface area contributed by atoms with Gasteiger partial charge in [0.25, 0.3) is 5.91 Å². The van der Waals surface area contributed by atoms with Crippen LogP contribution in [-0.2, 0) is 4.79 Å². The Morgan fingerprint density at radius 3 is 2.70 bits per heavy atom. The van der Waals surface area contributed by atoms with Crippen LogP contribution in [-0.4, -0.2) is 55.6 Å². The Morgan fingerprint density at radius 1 is 1.15 bits per heavy atom. The van der Waals surface area contributed by atoms with E-state index in [9.17, 15) is 9.59 Å². The van der Waals surface area contributed by atoms with Gasteiger partial charge in [0.15, 0.2) is 11.5 Å². The van der Waals surface area contributed by atoms with Crippen molar-refractivity contribution in [2.24, 2.45) is 5.73 Å². The third-order valence-electron chi connectivity index (χ3n) is 4.79. The van der Waals surface area contributed by atoms with E-state index in [1.54, 1.807) is 18.2 Å². The van der Waals surface area contributed by atoms with Gasteiger partial charge in [-0.1, -0.05) is 0 Å². The fourth-order valence-corrected chi connectivity index (χ4v) is 3.39. The normalized spacial score (nSPS) is 18.9. The first-order chi connectivity index (χ1) is 12.7. The summed E-state index contributed by atoms with van der Waals surface area (Å²) in [5.41, 5.74) is 6.00. The molecule has 0 aromatic heterocycles. The summed E-state index contributed by atoms with van der Waals surface area (Å²) < 4.78 is 11.3. The molecule has 0 spiro atoms. The van der Waals surface area contributed by atoms with Crippen molar-refractivity contribution in [1.82, 2.24) is 10.2 Å². The molecular weight excluding hydrogens is 370 g/mol. The monoisotopic (exact) mass is 397 g/mol. The lowest BCUT2D eigenvalue weighted by atomic mass is 10.0. The van der Waals surface area contributed by atoms with E-state index >= 15 is 0 Å². The molecule has 3 N–H and O–H groups in total. The van der Waals surface area contributed by atoms with Crippen LogP contribution in [0.15, 0.2) is 18.2 Å². The zero-order valence-corrected chi connectivity index (χ0v) is 16.3. The molecule has 1 aromatic rings. The predicted octanol–water partition coefficient (Wildman–Crippen LogP) is 1.73. The van der Waals surface area contributed by atoms with E-state index in [2.05, 4.69) is 5.32 Å². The van der Waals surface area contributed by atoms with Crippen LogP contribution in [0.4, 0.5) is 0 Å². The molecule has 7 nitrogen and oxygen atoms in total. The number of carbonyl (C=O) groups excluding carboxylic acids is 2. The zero-order valence-electron chi connectivity index (χ0n) is 15.4. The number of likely N-dealkylation sites (tertiary alicyclic amines) is 1. The van der Waals surface area contributed by atoms with Crippen molar-refractivity contribution in [3.63, 3.8) is 0 Å². The number of hydrogen-bond donors (Lipinski definition) is 2. The van der Waals surface area contributed by atoms with Crippen LogP contribution < -0.4 is 20.5 Å². The summed E-state index contributed by atoms with van der Waals surface area (Å²) in [6, 6.07) is 5.36. The van der Waals surface area contributed by atoms with Crippen LogP contribution >= 0.6 is 12.4 Å². The maximum absolute atomic E-state index is 13.0. The van der Waals surface area contributed by atoms with E-state index in [-0.39, 0.29) is 30.3 Å². The first-order valence-electron chi connectivity index (χ1n) is 9.36. The van der Waals surface area contributed by atoms with Crippen molar-refractivity contribution in [2.75, 3.05) is 32.8 Å². The van der Waals surface area contributed by atoms with Gasteiger partial charge in [-0.3, -0.25) is 9.59 Å². The SMILES string of the molecule is Cl.NCCC(=O)NCC1CCCCN1C(=O)c1ccc2c(c1)OCCCO2. The second-order valence-electron chi connectivity index (χ2n) is 6.70. The second-order valence-corrected chi connectivity index (χ2v) is 6.70. The minimum Gasteiger partial charge on any atom is -0.490 e. The Bertz CT molecular complexity index is 656. The Balaban J connectivity index is 0.00000261. The van der Waals surface area contributed by atoms with Crippen LogP contribution in [0.25, 0.3) is 0 Å². The van der Waals surface area contributed by atoms with Gasteiger partial charge in [0.2, 0.25) is 5.91 Å². The molecule has 1 saturated heterocycles. The number of amides is 2. The van der Waals surface area contributed by atoms with Gasteiger partial charge in [-0.05, 0) is 37.5 Å². The van der Waals surface area contributed by atoms with Gasteiger partial charge in [0.1, 0.15) is 0 Å². The molecule has 2 amide bonds. The van der Waals surface area contributed by atoms with Gasteiger partial charge < -0.3 is 25.4 Å². The highest BCUT2D eigenvalue weighted by atomic mass is 35.5. The molecule has 150 valence electrons. The van der Waals surface area contributed by atoms with Crippen molar-refractivity contribution in [3.8, 4) is 11.5 Å². The average molecular weight is 398 g/mol. The summed E-state index contributed by atoms with van der Waals surface area (Å²) in [5.74, 6) is 1.21. The van der Waals surface area contributed by atoms with E-state index < -0.39 is 0 Å². The van der Waals surface area contributed by atoms with Crippen LogP contribution in [0.1, 0.15) is 42.5 Å². The fourth-order valence-electron chi connectivity index (χ4n) is 3.39. The Labute approximate surface area is 166 Å². The van der Waals surface area contributed by atoms with Crippen LogP contribution in [0.2, 0.25) is 0 Å². The average Bonchev–Trinajstić information content (AvgIpc) is 2.91. The van der Waals surface area contributed by atoms with Crippen molar-refractivity contribution < 1.29 is 19.1 Å². The van der Waals surface area contributed by atoms with Crippen LogP contribution in [0.5, 0.6) is 11.5 Å². The molecule has 0 bridgehead atoms. The minimum atomic E-state index is -0.0685. The largest absolute Gasteiger partial charge is 0.490 e. The minimum absolute atomic E-state index is 0. The number of ether oxygens (including phenoxy) is 2. The van der Waals surface area contributed by atoms with E-state index in [0.717, 1.165) is 25.7 Å². The number of rotatable bonds is 5. The molecular formula is C19H28ClN3O4. The molecule has 0 aliphatic carbocycles. The van der Waals surface area contributed by atoms with E-state index in [0.29, 0.717) is 56.3 Å². The van der Waals surface area contributed by atoms with E-state index in [1.165, 1.54) is 0 Å². The molecule has 3 rings (SSSR count). The number of benzene rings is 1. The standard InChI is InChI=1S/C19H27N3O4.ClH/c20-8-7-18(23)21-13-15-4-1-2-9-22(15)19(24)14-5-6-16-17(12-14)26-11-3-10-25-16;/h5-6,12,15H,1-4,7-11,13,20H2,(H,21,23);1H. The van der Waals surface area contributed by atoms with Crippen LogP contribution in [0, 0.1) is 0 Å². The number of fused-ring (bicyclic) bond motifs is 1. The number of nitrogens with zero attached hydrogens (tertiary/aromatic N) is 1. The lowest BCUT2D eigenvalue weighted by Crippen LogP contribution is -2.49. The second kappa shape index (κ2) is 10.4. The summed E-state index contributed by atoms with van der Waals surface area (Å²) in [6.45, 7) is 2.71. The summed E-state index contributed by atoms with van der Waals surface area (Å²) >= 11 is 0. The third kappa shape index (κ3) is 5.49. The Kier molecular flexibility index (Phi) is 8.19. The molecule has 1 atom stereocenters. The Morgan fingerprint density at radius 2 is 1.93 bits per heavy atom. The highest BCUT2D eigenvalue weighted by Crippen LogP contribution is 2.31. The van der Waals surface area contributed by atoms with Crippen molar-refractivity contribution in [1.29, 1.82) is 0 Å². The van der Waals surface area contributed by atoms with Gasteiger partial charge in [-0.15, -0.1) is 12.4 Å². The quantitative estimate of drug-likeness (QED) is 0.789. The maximum atomic E-state index is 13.0. The number of piperidine rings is 1. The molecule has 8 heteroatoms. The number of hydrogen-bond acceptors (Lipinski definition) is 5. The summed E-state index contributed by atoms with van der Waals surface area (Å²) in [4.78, 5) is 26.6. The third-order valence-corrected chi connectivity index (χ3v) is 4.79.